The third-order valence-corrected chi connectivity index (χ3v) is 7.22. The van der Waals surface area contributed by atoms with Crippen LogP contribution in [0.4, 0.5) is 10.6 Å². The van der Waals surface area contributed by atoms with Crippen LogP contribution in [0.15, 0.2) is 42.7 Å². The maximum absolute atomic E-state index is 13.5. The molecule has 3 aromatic heterocycles. The maximum atomic E-state index is 13.5. The number of nitrogens with two attached hydrogens (primary N) is 1. The number of nitrogens with zero attached hydrogens (tertiary/aromatic N) is 5. The summed E-state index contributed by atoms with van der Waals surface area (Å²) in [6.07, 6.45) is 9.21. The van der Waals surface area contributed by atoms with Gasteiger partial charge in [0.05, 0.1) is 29.5 Å². The van der Waals surface area contributed by atoms with Gasteiger partial charge in [-0.3, -0.25) is 14.7 Å². The molecular formula is C30H36N6O3. The minimum atomic E-state index is -0.651. The van der Waals surface area contributed by atoms with E-state index in [1.54, 1.807) is 17.3 Å². The number of carbonyl (C=O) groups excluding carboxylic acids is 2. The number of pyridine rings is 1. The van der Waals surface area contributed by atoms with E-state index in [4.69, 9.17) is 15.5 Å². The van der Waals surface area contributed by atoms with Crippen molar-refractivity contribution in [1.29, 1.82) is 0 Å². The molecule has 2 N–H and O–H groups in total. The summed E-state index contributed by atoms with van der Waals surface area (Å²) in [5, 5.41) is 5.46. The van der Waals surface area contributed by atoms with Gasteiger partial charge in [-0.15, -0.1) is 0 Å². The third-order valence-electron chi connectivity index (χ3n) is 7.22. The Hall–Kier alpha value is -4.01. The van der Waals surface area contributed by atoms with Crippen molar-refractivity contribution in [2.75, 3.05) is 5.73 Å². The monoisotopic (exact) mass is 528 g/mol. The highest BCUT2D eigenvalue weighted by Gasteiger charge is 2.31. The molecule has 9 nitrogen and oxygen atoms in total. The Morgan fingerprint density at radius 3 is 2.51 bits per heavy atom. The summed E-state index contributed by atoms with van der Waals surface area (Å²) >= 11 is 0. The van der Waals surface area contributed by atoms with E-state index in [1.165, 1.54) is 11.4 Å². The van der Waals surface area contributed by atoms with Crippen molar-refractivity contribution in [3.63, 3.8) is 0 Å². The van der Waals surface area contributed by atoms with Crippen LogP contribution in [0.1, 0.15) is 82.3 Å². The molecule has 0 saturated heterocycles. The van der Waals surface area contributed by atoms with Gasteiger partial charge in [0.15, 0.2) is 11.4 Å². The van der Waals surface area contributed by atoms with Crippen LogP contribution in [0.3, 0.4) is 0 Å². The number of amides is 1. The summed E-state index contributed by atoms with van der Waals surface area (Å²) in [7, 11) is 0. The molecule has 1 saturated carbocycles. The van der Waals surface area contributed by atoms with E-state index < -0.39 is 11.7 Å². The average molecular weight is 529 g/mol. The van der Waals surface area contributed by atoms with Crippen LogP contribution < -0.4 is 5.73 Å². The Balaban J connectivity index is 1.62. The number of rotatable bonds is 5. The molecule has 4 aromatic rings. The molecule has 5 rings (SSSR count). The molecule has 1 aromatic carbocycles. The number of Topliss-reactive ketones (excluding diaryl/α,β-unsaturated/α-hetero) is 1. The van der Waals surface area contributed by atoms with Gasteiger partial charge in [-0.05, 0) is 52.7 Å². The van der Waals surface area contributed by atoms with Crippen molar-refractivity contribution in [2.45, 2.75) is 84.4 Å². The second-order valence-electron chi connectivity index (χ2n) is 11.3. The SMILES string of the molecule is CC(=O)c1c(CN(C(=O)OC(C)(C)C)C2CCCCCC2)nc2c(-c3cnc4ccccc4c3)cnn2c1N. The number of hydrogen-bond donors (Lipinski definition) is 1. The lowest BCUT2D eigenvalue weighted by molar-refractivity contribution is 0.0119. The zero-order valence-corrected chi connectivity index (χ0v) is 23.1. The van der Waals surface area contributed by atoms with E-state index in [-0.39, 0.29) is 29.8 Å². The van der Waals surface area contributed by atoms with Crippen LogP contribution in [0.2, 0.25) is 0 Å². The Labute approximate surface area is 228 Å². The molecule has 1 aliphatic rings. The Morgan fingerprint density at radius 1 is 1.10 bits per heavy atom. The van der Waals surface area contributed by atoms with E-state index in [9.17, 15) is 9.59 Å². The van der Waals surface area contributed by atoms with Crippen LogP contribution in [0.25, 0.3) is 27.7 Å². The number of carbonyl (C=O) groups is 2. The van der Waals surface area contributed by atoms with Gasteiger partial charge in [-0.1, -0.05) is 43.9 Å². The lowest BCUT2D eigenvalue weighted by Gasteiger charge is -2.33. The van der Waals surface area contributed by atoms with Gasteiger partial charge in [0, 0.05) is 28.8 Å². The fourth-order valence-corrected chi connectivity index (χ4v) is 5.38. The molecule has 3 heterocycles. The number of benzene rings is 1. The quantitative estimate of drug-likeness (QED) is 0.242. The number of anilines is 1. The Bertz CT molecular complexity index is 1530. The lowest BCUT2D eigenvalue weighted by atomic mass is 10.0. The average Bonchev–Trinajstić information content (AvgIpc) is 3.12. The van der Waals surface area contributed by atoms with Crippen molar-refractivity contribution in [2.24, 2.45) is 0 Å². The van der Waals surface area contributed by atoms with E-state index in [2.05, 4.69) is 10.1 Å². The molecule has 39 heavy (non-hydrogen) atoms. The fraction of sp³-hybridized carbons (Fsp3) is 0.433. The van der Waals surface area contributed by atoms with Crippen molar-refractivity contribution in [3.8, 4) is 11.1 Å². The first-order chi connectivity index (χ1) is 18.6. The van der Waals surface area contributed by atoms with Crippen LogP contribution in [-0.2, 0) is 11.3 Å². The number of fused-ring (bicyclic) bond motifs is 2. The summed E-state index contributed by atoms with van der Waals surface area (Å²) in [6.45, 7) is 7.15. The summed E-state index contributed by atoms with van der Waals surface area (Å²) in [4.78, 5) is 37.6. The molecule has 0 spiro atoms. The van der Waals surface area contributed by atoms with Gasteiger partial charge >= 0.3 is 6.09 Å². The summed E-state index contributed by atoms with van der Waals surface area (Å²) in [5.41, 5.74) is 9.60. The molecule has 1 fully saturated rings. The van der Waals surface area contributed by atoms with E-state index in [0.717, 1.165) is 60.6 Å². The topological polar surface area (TPSA) is 116 Å². The van der Waals surface area contributed by atoms with Crippen LogP contribution in [-0.4, -0.2) is 48.0 Å². The molecule has 0 atom stereocenters. The van der Waals surface area contributed by atoms with Gasteiger partial charge in [-0.25, -0.2) is 9.78 Å². The Morgan fingerprint density at radius 2 is 1.82 bits per heavy atom. The first-order valence-corrected chi connectivity index (χ1v) is 13.6. The molecule has 0 unspecified atom stereocenters. The fourth-order valence-electron chi connectivity index (χ4n) is 5.38. The minimum Gasteiger partial charge on any atom is -0.444 e. The highest BCUT2D eigenvalue weighted by Crippen LogP contribution is 2.31. The van der Waals surface area contributed by atoms with Gasteiger partial charge in [0.25, 0.3) is 0 Å². The van der Waals surface area contributed by atoms with Gasteiger partial charge in [0.2, 0.25) is 0 Å². The van der Waals surface area contributed by atoms with Gasteiger partial charge in [-0.2, -0.15) is 9.61 Å². The standard InChI is InChI=1S/C30H36N6O3/c1-19(37)26-25(18-35(29(38)39-30(2,3)4)22-12-7-5-6-8-13-22)34-28-23(17-33-36(28)27(26)31)21-15-20-11-9-10-14-24(20)32-16-21/h9-11,14-17,22H,5-8,12-13,18,31H2,1-4H3. The lowest BCUT2D eigenvalue weighted by Crippen LogP contribution is -2.43. The van der Waals surface area contributed by atoms with Crippen molar-refractivity contribution >= 4 is 34.2 Å². The first-order valence-electron chi connectivity index (χ1n) is 13.6. The highest BCUT2D eigenvalue weighted by atomic mass is 16.6. The maximum Gasteiger partial charge on any atom is 0.410 e. The zero-order valence-electron chi connectivity index (χ0n) is 23.1. The summed E-state index contributed by atoms with van der Waals surface area (Å²) in [6, 6.07) is 9.92. The molecule has 9 heteroatoms. The molecule has 0 bridgehead atoms. The summed E-state index contributed by atoms with van der Waals surface area (Å²) in [5.74, 6) is -0.0289. The first kappa shape index (κ1) is 26.6. The van der Waals surface area contributed by atoms with Crippen molar-refractivity contribution in [3.05, 3.63) is 54.0 Å². The summed E-state index contributed by atoms with van der Waals surface area (Å²) < 4.78 is 7.31. The van der Waals surface area contributed by atoms with Crippen LogP contribution in [0.5, 0.6) is 0 Å². The number of hydrogen-bond acceptors (Lipinski definition) is 7. The molecule has 0 aliphatic heterocycles. The Kier molecular flexibility index (Phi) is 7.25. The van der Waals surface area contributed by atoms with Gasteiger partial charge < -0.3 is 10.5 Å². The van der Waals surface area contributed by atoms with E-state index in [0.29, 0.717) is 11.3 Å². The second kappa shape index (κ2) is 10.6. The largest absolute Gasteiger partial charge is 0.444 e. The van der Waals surface area contributed by atoms with Gasteiger partial charge in [0.1, 0.15) is 11.4 Å². The normalized spacial score (nSPS) is 14.9. The number of aromatic nitrogens is 4. The molecule has 1 aliphatic carbocycles. The molecule has 204 valence electrons. The molecule has 1 amide bonds. The van der Waals surface area contributed by atoms with E-state index in [1.807, 2.05) is 51.1 Å². The van der Waals surface area contributed by atoms with Crippen LogP contribution in [0, 0.1) is 0 Å². The van der Waals surface area contributed by atoms with Crippen molar-refractivity contribution < 1.29 is 14.3 Å². The number of ketones is 1. The highest BCUT2D eigenvalue weighted by molar-refractivity contribution is 6.00. The van der Waals surface area contributed by atoms with E-state index >= 15 is 0 Å². The third kappa shape index (κ3) is 5.57. The number of ether oxygens (including phenoxy) is 1. The molecular weight excluding hydrogens is 492 g/mol. The zero-order chi connectivity index (χ0) is 27.7. The number of para-hydroxylation sites is 1. The predicted octanol–water partition coefficient (Wildman–Crippen LogP) is 6.19. The van der Waals surface area contributed by atoms with Crippen molar-refractivity contribution in [1.82, 2.24) is 24.5 Å². The smallest absolute Gasteiger partial charge is 0.410 e. The van der Waals surface area contributed by atoms with Crippen LogP contribution >= 0.6 is 0 Å². The molecule has 0 radical (unpaired) electrons. The minimum absolute atomic E-state index is 0.00419. The second-order valence-corrected chi connectivity index (χ2v) is 11.3. The number of nitrogen functional groups attached to an aromatic ring is 1. The predicted molar refractivity (Wildman–Crippen MR) is 151 cm³/mol.